The van der Waals surface area contributed by atoms with E-state index in [-0.39, 0.29) is 17.7 Å². The van der Waals surface area contributed by atoms with Gasteiger partial charge in [0.1, 0.15) is 11.5 Å². The molecule has 0 aliphatic carbocycles. The third-order valence-electron chi connectivity index (χ3n) is 2.20. The van der Waals surface area contributed by atoms with Crippen LogP contribution in [0.15, 0.2) is 21.5 Å². The van der Waals surface area contributed by atoms with Crippen LogP contribution in [-0.2, 0) is 19.5 Å². The van der Waals surface area contributed by atoms with E-state index in [0.717, 1.165) is 12.1 Å². The van der Waals surface area contributed by atoms with E-state index in [2.05, 4.69) is 15.9 Å². The zero-order valence-corrected chi connectivity index (χ0v) is 13.0. The second kappa shape index (κ2) is 7.11. The van der Waals surface area contributed by atoms with Gasteiger partial charge in [-0.2, -0.15) is 0 Å². The van der Waals surface area contributed by atoms with Crippen molar-refractivity contribution < 1.29 is 27.1 Å². The van der Waals surface area contributed by atoms with Crippen molar-refractivity contribution in [1.82, 2.24) is 0 Å². The molecule has 0 amide bonds. The Bertz CT molecular complexity index is 605. The first kappa shape index (κ1) is 17.0. The molecular formula is C11H13BrFNO5S. The van der Waals surface area contributed by atoms with Gasteiger partial charge in [0.05, 0.1) is 12.2 Å². The number of esters is 1. The molecule has 20 heavy (non-hydrogen) atoms. The highest BCUT2D eigenvalue weighted by atomic mass is 79.9. The van der Waals surface area contributed by atoms with Crippen LogP contribution in [0.1, 0.15) is 17.3 Å². The molecule has 0 atom stereocenters. The van der Waals surface area contributed by atoms with E-state index in [1.807, 2.05) is 0 Å². The minimum Gasteiger partial charge on any atom is -0.460 e. The summed E-state index contributed by atoms with van der Waals surface area (Å²) >= 11 is 2.98. The van der Waals surface area contributed by atoms with Crippen molar-refractivity contribution in [3.63, 3.8) is 0 Å². The Balaban J connectivity index is 3.01. The Labute approximate surface area is 124 Å². The van der Waals surface area contributed by atoms with Crippen LogP contribution in [0.5, 0.6) is 0 Å². The largest absolute Gasteiger partial charge is 0.460 e. The first-order valence-electron chi connectivity index (χ1n) is 5.54. The van der Waals surface area contributed by atoms with Crippen molar-refractivity contribution in [3.05, 3.63) is 28.0 Å². The molecule has 0 saturated heterocycles. The van der Waals surface area contributed by atoms with E-state index in [4.69, 9.17) is 14.6 Å². The fourth-order valence-electron chi connectivity index (χ4n) is 1.34. The van der Waals surface area contributed by atoms with Gasteiger partial charge in [-0.15, -0.1) is 0 Å². The van der Waals surface area contributed by atoms with Crippen molar-refractivity contribution in [1.29, 1.82) is 0 Å². The molecule has 0 fully saturated rings. The number of halogens is 2. The number of benzene rings is 1. The van der Waals surface area contributed by atoms with Gasteiger partial charge in [-0.05, 0) is 19.1 Å². The second-order valence-electron chi connectivity index (χ2n) is 3.64. The maximum Gasteiger partial charge on any atom is 0.341 e. The van der Waals surface area contributed by atoms with Gasteiger partial charge in [0.25, 0.3) is 0 Å². The summed E-state index contributed by atoms with van der Waals surface area (Å²) in [7, 11) is -4.28. The summed E-state index contributed by atoms with van der Waals surface area (Å²) in [6.45, 7) is 2.33. The number of hydrogen-bond acceptors (Lipinski definition) is 5. The van der Waals surface area contributed by atoms with Gasteiger partial charge in [-0.1, -0.05) is 15.9 Å². The molecule has 0 spiro atoms. The van der Waals surface area contributed by atoms with Gasteiger partial charge >= 0.3 is 5.97 Å². The van der Waals surface area contributed by atoms with Crippen LogP contribution in [0.4, 0.5) is 4.39 Å². The van der Waals surface area contributed by atoms with E-state index >= 15 is 0 Å². The summed E-state index contributed by atoms with van der Waals surface area (Å²) in [6, 6.07) is 2.09. The van der Waals surface area contributed by atoms with Crippen LogP contribution in [0.2, 0.25) is 0 Å². The smallest absolute Gasteiger partial charge is 0.341 e. The fourth-order valence-corrected chi connectivity index (χ4v) is 2.60. The molecular weight excluding hydrogens is 357 g/mol. The number of carbonyl (C=O) groups excluding carboxylic acids is 1. The molecule has 0 bridgehead atoms. The summed E-state index contributed by atoms with van der Waals surface area (Å²) in [5, 5.41) is 4.87. The van der Waals surface area contributed by atoms with Gasteiger partial charge in [0, 0.05) is 11.1 Å². The summed E-state index contributed by atoms with van der Waals surface area (Å²) in [5.41, 5.74) is -0.514. The van der Waals surface area contributed by atoms with Crippen molar-refractivity contribution in [2.75, 3.05) is 19.8 Å². The number of ether oxygens (including phenoxy) is 2. The van der Waals surface area contributed by atoms with Crippen LogP contribution in [0.3, 0.4) is 0 Å². The van der Waals surface area contributed by atoms with Crippen LogP contribution < -0.4 is 5.14 Å². The molecule has 6 nitrogen and oxygen atoms in total. The zero-order valence-electron chi connectivity index (χ0n) is 10.6. The van der Waals surface area contributed by atoms with Crippen LogP contribution in [0.25, 0.3) is 0 Å². The zero-order chi connectivity index (χ0) is 15.3. The summed E-state index contributed by atoms with van der Waals surface area (Å²) < 4.78 is 46.3. The Morgan fingerprint density at radius 1 is 1.40 bits per heavy atom. The van der Waals surface area contributed by atoms with Gasteiger partial charge in [-0.25, -0.2) is 22.7 Å². The predicted molar refractivity (Wildman–Crippen MR) is 72.2 cm³/mol. The molecule has 0 saturated carbocycles. The summed E-state index contributed by atoms with van der Waals surface area (Å²) in [5.74, 6) is -2.23. The topological polar surface area (TPSA) is 95.7 Å². The van der Waals surface area contributed by atoms with Crippen molar-refractivity contribution in [3.8, 4) is 0 Å². The van der Waals surface area contributed by atoms with E-state index < -0.39 is 32.3 Å². The predicted octanol–water partition coefficient (Wildman–Crippen LogP) is 1.43. The number of rotatable bonds is 6. The Hall–Kier alpha value is -1.03. The van der Waals surface area contributed by atoms with E-state index in [0.29, 0.717) is 6.61 Å². The fraction of sp³-hybridized carbons (Fsp3) is 0.364. The third-order valence-corrected chi connectivity index (χ3v) is 3.56. The normalized spacial score (nSPS) is 11.4. The minimum absolute atomic E-state index is 0.0661. The molecule has 0 radical (unpaired) electrons. The molecule has 0 aromatic heterocycles. The van der Waals surface area contributed by atoms with Crippen molar-refractivity contribution in [2.24, 2.45) is 5.14 Å². The van der Waals surface area contributed by atoms with Crippen LogP contribution >= 0.6 is 15.9 Å². The highest BCUT2D eigenvalue weighted by molar-refractivity contribution is 9.10. The maximum absolute atomic E-state index is 14.0. The number of sulfonamides is 1. The second-order valence-corrected chi connectivity index (χ2v) is 6.09. The lowest BCUT2D eigenvalue weighted by molar-refractivity contribution is 0.0330. The molecule has 2 N–H and O–H groups in total. The number of carbonyl (C=O) groups is 1. The molecule has 112 valence electrons. The average Bonchev–Trinajstić information content (AvgIpc) is 2.35. The molecule has 1 aromatic carbocycles. The van der Waals surface area contributed by atoms with Gasteiger partial charge in [-0.3, -0.25) is 0 Å². The standard InChI is InChI=1S/C11H13BrFNO5S/c1-2-18-3-4-19-11(15)8-5-7(12)6-9(10(8)13)20(14,16)17/h5-6H,2-4H2,1H3,(H2,14,16,17). The van der Waals surface area contributed by atoms with Crippen molar-refractivity contribution >= 4 is 31.9 Å². The van der Waals surface area contributed by atoms with Crippen molar-refractivity contribution in [2.45, 2.75) is 11.8 Å². The summed E-state index contributed by atoms with van der Waals surface area (Å²) in [4.78, 5) is 10.9. The lowest BCUT2D eigenvalue weighted by Gasteiger charge is -2.08. The van der Waals surface area contributed by atoms with Gasteiger partial charge < -0.3 is 9.47 Å². The Morgan fingerprint density at radius 2 is 2.05 bits per heavy atom. The Kier molecular flexibility index (Phi) is 6.06. The molecule has 0 aliphatic heterocycles. The lowest BCUT2D eigenvalue weighted by Crippen LogP contribution is -2.18. The highest BCUT2D eigenvalue weighted by Crippen LogP contribution is 2.23. The molecule has 0 heterocycles. The first-order valence-corrected chi connectivity index (χ1v) is 7.88. The maximum atomic E-state index is 14.0. The highest BCUT2D eigenvalue weighted by Gasteiger charge is 2.23. The number of primary sulfonamides is 1. The lowest BCUT2D eigenvalue weighted by atomic mass is 10.2. The van der Waals surface area contributed by atoms with E-state index in [1.165, 1.54) is 0 Å². The molecule has 0 unspecified atom stereocenters. The third kappa shape index (κ3) is 4.51. The monoisotopic (exact) mass is 369 g/mol. The van der Waals surface area contributed by atoms with Crippen LogP contribution in [-0.4, -0.2) is 34.2 Å². The Morgan fingerprint density at radius 3 is 2.60 bits per heavy atom. The quantitative estimate of drug-likeness (QED) is 0.604. The SMILES string of the molecule is CCOCCOC(=O)c1cc(Br)cc(S(N)(=O)=O)c1F. The number of nitrogens with two attached hydrogens (primary N) is 1. The van der Waals surface area contributed by atoms with Gasteiger partial charge in [0.2, 0.25) is 10.0 Å². The van der Waals surface area contributed by atoms with Crippen LogP contribution in [0, 0.1) is 5.82 Å². The molecule has 9 heteroatoms. The number of hydrogen-bond donors (Lipinski definition) is 1. The molecule has 0 aliphatic rings. The summed E-state index contributed by atoms with van der Waals surface area (Å²) in [6.07, 6.45) is 0. The van der Waals surface area contributed by atoms with E-state index in [1.54, 1.807) is 6.92 Å². The minimum atomic E-state index is -4.28. The van der Waals surface area contributed by atoms with E-state index in [9.17, 15) is 17.6 Å². The average molecular weight is 370 g/mol. The van der Waals surface area contributed by atoms with Gasteiger partial charge in [0.15, 0.2) is 5.82 Å². The molecule has 1 rings (SSSR count). The molecule has 1 aromatic rings. The first-order chi connectivity index (χ1) is 9.27.